The maximum absolute atomic E-state index is 5.75. The first-order valence-electron chi connectivity index (χ1n) is 6.24. The summed E-state index contributed by atoms with van der Waals surface area (Å²) in [6, 6.07) is 0.490. The summed E-state index contributed by atoms with van der Waals surface area (Å²) >= 11 is 5.75. The molecule has 1 aliphatic rings. The summed E-state index contributed by atoms with van der Waals surface area (Å²) in [5, 5.41) is 3.94. The molecule has 5 heteroatoms. The predicted molar refractivity (Wildman–Crippen MR) is 70.4 cm³/mol. The third-order valence-electron chi connectivity index (χ3n) is 3.08. The van der Waals surface area contributed by atoms with Gasteiger partial charge in [0.1, 0.15) is 0 Å². The Morgan fingerprint density at radius 2 is 2.00 bits per heavy atom. The van der Waals surface area contributed by atoms with Crippen LogP contribution in [0, 0.1) is 0 Å². The molecule has 0 amide bonds. The van der Waals surface area contributed by atoms with Crippen molar-refractivity contribution in [1.82, 2.24) is 14.9 Å². The second kappa shape index (κ2) is 6.17. The Kier molecular flexibility index (Phi) is 4.57. The van der Waals surface area contributed by atoms with Crippen LogP contribution in [0.4, 0.5) is 5.95 Å². The van der Waals surface area contributed by atoms with Gasteiger partial charge in [0.25, 0.3) is 0 Å². The van der Waals surface area contributed by atoms with Gasteiger partial charge in [-0.05, 0) is 25.8 Å². The van der Waals surface area contributed by atoms with Crippen LogP contribution in [0.15, 0.2) is 12.4 Å². The fourth-order valence-electron chi connectivity index (χ4n) is 2.19. The van der Waals surface area contributed by atoms with Crippen LogP contribution in [-0.2, 0) is 0 Å². The summed E-state index contributed by atoms with van der Waals surface area (Å²) in [6.45, 7) is 5.77. The molecular weight excluding hydrogens is 236 g/mol. The highest BCUT2D eigenvalue weighted by Gasteiger charge is 2.18. The monoisotopic (exact) mass is 254 g/mol. The highest BCUT2D eigenvalue weighted by molar-refractivity contribution is 6.30. The summed E-state index contributed by atoms with van der Waals surface area (Å²) in [6.07, 6.45) is 6.81. The lowest BCUT2D eigenvalue weighted by Gasteiger charge is -2.32. The molecule has 17 heavy (non-hydrogen) atoms. The van der Waals surface area contributed by atoms with E-state index in [9.17, 15) is 0 Å². The van der Waals surface area contributed by atoms with Crippen LogP contribution in [0.3, 0.4) is 0 Å². The van der Waals surface area contributed by atoms with Gasteiger partial charge in [0.05, 0.1) is 17.4 Å². The smallest absolute Gasteiger partial charge is 0.222 e. The number of rotatable bonds is 4. The number of anilines is 1. The molecule has 0 radical (unpaired) electrons. The van der Waals surface area contributed by atoms with Crippen LogP contribution >= 0.6 is 11.6 Å². The Morgan fingerprint density at radius 1 is 1.35 bits per heavy atom. The summed E-state index contributed by atoms with van der Waals surface area (Å²) in [5.74, 6) is 0.684. The van der Waals surface area contributed by atoms with E-state index in [1.54, 1.807) is 12.4 Å². The van der Waals surface area contributed by atoms with Crippen LogP contribution < -0.4 is 5.32 Å². The first kappa shape index (κ1) is 12.6. The number of hydrogen-bond acceptors (Lipinski definition) is 4. The zero-order valence-corrected chi connectivity index (χ0v) is 11.0. The number of piperidine rings is 1. The van der Waals surface area contributed by atoms with E-state index in [-0.39, 0.29) is 0 Å². The van der Waals surface area contributed by atoms with Gasteiger partial charge in [-0.25, -0.2) is 9.97 Å². The van der Waals surface area contributed by atoms with Crippen molar-refractivity contribution in [2.24, 2.45) is 0 Å². The van der Waals surface area contributed by atoms with E-state index in [0.717, 1.165) is 12.8 Å². The van der Waals surface area contributed by atoms with Crippen molar-refractivity contribution >= 4 is 17.5 Å². The minimum atomic E-state index is 0.490. The zero-order valence-electron chi connectivity index (χ0n) is 10.2. The molecule has 0 atom stereocenters. The largest absolute Gasteiger partial charge is 0.351 e. The minimum absolute atomic E-state index is 0.490. The topological polar surface area (TPSA) is 41.0 Å². The van der Waals surface area contributed by atoms with Crippen LogP contribution in [-0.4, -0.2) is 40.5 Å². The molecule has 2 rings (SSSR count). The number of halogens is 1. The van der Waals surface area contributed by atoms with Crippen LogP contribution in [0.25, 0.3) is 0 Å². The van der Waals surface area contributed by atoms with Crippen molar-refractivity contribution in [2.75, 3.05) is 25.0 Å². The molecule has 0 unspecified atom stereocenters. The maximum atomic E-state index is 5.75. The molecule has 0 bridgehead atoms. The lowest BCUT2D eigenvalue weighted by atomic mass is 10.1. The first-order valence-corrected chi connectivity index (χ1v) is 6.62. The fourth-order valence-corrected chi connectivity index (χ4v) is 2.28. The summed E-state index contributed by atoms with van der Waals surface area (Å²) in [7, 11) is 0. The minimum Gasteiger partial charge on any atom is -0.351 e. The lowest BCUT2D eigenvalue weighted by Crippen LogP contribution is -2.39. The number of nitrogens with zero attached hydrogens (tertiary/aromatic N) is 3. The molecule has 1 fully saturated rings. The van der Waals surface area contributed by atoms with Crippen LogP contribution in [0.2, 0.25) is 5.02 Å². The van der Waals surface area contributed by atoms with Crippen LogP contribution in [0.5, 0.6) is 0 Å². The fraction of sp³-hybridized carbons (Fsp3) is 0.667. The average molecular weight is 255 g/mol. The number of likely N-dealkylation sites (tertiary alicyclic amines) is 1. The molecule has 1 aromatic heterocycles. The Morgan fingerprint density at radius 3 is 2.59 bits per heavy atom. The molecule has 0 aromatic carbocycles. The van der Waals surface area contributed by atoms with E-state index in [0.29, 0.717) is 17.0 Å². The predicted octanol–water partition coefficient (Wildman–Crippen LogP) is 2.42. The van der Waals surface area contributed by atoms with Gasteiger partial charge in [-0.1, -0.05) is 18.5 Å². The molecule has 4 nitrogen and oxygen atoms in total. The van der Waals surface area contributed by atoms with E-state index >= 15 is 0 Å². The van der Waals surface area contributed by atoms with Crippen molar-refractivity contribution in [3.63, 3.8) is 0 Å². The zero-order chi connectivity index (χ0) is 12.1. The summed E-state index contributed by atoms with van der Waals surface area (Å²) in [5.41, 5.74) is 0. The summed E-state index contributed by atoms with van der Waals surface area (Å²) in [4.78, 5) is 10.8. The van der Waals surface area contributed by atoms with Crippen molar-refractivity contribution < 1.29 is 0 Å². The van der Waals surface area contributed by atoms with Crippen molar-refractivity contribution in [3.05, 3.63) is 17.4 Å². The highest BCUT2D eigenvalue weighted by atomic mass is 35.5. The molecule has 0 aliphatic carbocycles. The van der Waals surface area contributed by atoms with Crippen molar-refractivity contribution in [1.29, 1.82) is 0 Å². The molecule has 1 aliphatic heterocycles. The molecule has 94 valence electrons. The Bertz CT molecular complexity index is 333. The standard InChI is InChI=1S/C12H19ClN4/c1-2-5-17-6-3-11(4-7-17)16-12-14-8-10(13)9-15-12/h8-9,11H,2-7H2,1H3,(H,14,15,16). The number of aromatic nitrogens is 2. The van der Waals surface area contributed by atoms with Gasteiger partial charge in [-0.15, -0.1) is 0 Å². The third kappa shape index (κ3) is 3.82. The second-order valence-electron chi connectivity index (χ2n) is 4.49. The van der Waals surface area contributed by atoms with Gasteiger partial charge in [-0.3, -0.25) is 0 Å². The Labute approximate surface area is 107 Å². The van der Waals surface area contributed by atoms with Crippen molar-refractivity contribution in [3.8, 4) is 0 Å². The van der Waals surface area contributed by atoms with E-state index < -0.39 is 0 Å². The quantitative estimate of drug-likeness (QED) is 0.896. The van der Waals surface area contributed by atoms with Gasteiger partial charge >= 0.3 is 0 Å². The molecule has 0 spiro atoms. The van der Waals surface area contributed by atoms with E-state index in [1.165, 1.54) is 26.1 Å². The Hall–Kier alpha value is -0.870. The first-order chi connectivity index (χ1) is 8.28. The van der Waals surface area contributed by atoms with E-state index in [2.05, 4.69) is 27.1 Å². The second-order valence-corrected chi connectivity index (χ2v) is 4.92. The normalized spacial score (nSPS) is 18.2. The van der Waals surface area contributed by atoms with E-state index in [4.69, 9.17) is 11.6 Å². The van der Waals surface area contributed by atoms with Crippen LogP contribution in [0.1, 0.15) is 26.2 Å². The van der Waals surface area contributed by atoms with E-state index in [1.807, 2.05) is 0 Å². The Balaban J connectivity index is 1.79. The molecule has 1 saturated heterocycles. The molecular formula is C12H19ClN4. The molecule has 0 saturated carbocycles. The van der Waals surface area contributed by atoms with Gasteiger partial charge < -0.3 is 10.2 Å². The van der Waals surface area contributed by atoms with Gasteiger partial charge in [0.15, 0.2) is 0 Å². The average Bonchev–Trinajstić information content (AvgIpc) is 2.35. The lowest BCUT2D eigenvalue weighted by molar-refractivity contribution is 0.219. The SMILES string of the molecule is CCCN1CCC(Nc2ncc(Cl)cn2)CC1. The third-order valence-corrected chi connectivity index (χ3v) is 3.28. The van der Waals surface area contributed by atoms with Crippen molar-refractivity contribution in [2.45, 2.75) is 32.2 Å². The van der Waals surface area contributed by atoms with Gasteiger partial charge in [0, 0.05) is 19.1 Å². The molecule has 1 N–H and O–H groups in total. The van der Waals surface area contributed by atoms with Gasteiger partial charge in [0.2, 0.25) is 5.95 Å². The molecule has 2 heterocycles. The van der Waals surface area contributed by atoms with Gasteiger partial charge in [-0.2, -0.15) is 0 Å². The highest BCUT2D eigenvalue weighted by Crippen LogP contribution is 2.14. The summed E-state index contributed by atoms with van der Waals surface area (Å²) < 4.78 is 0. The number of hydrogen-bond donors (Lipinski definition) is 1. The molecule has 1 aromatic rings. The maximum Gasteiger partial charge on any atom is 0.222 e. The number of nitrogens with one attached hydrogen (secondary N) is 1.